The Bertz CT molecular complexity index is 235. The van der Waals surface area contributed by atoms with Crippen molar-refractivity contribution in [3.05, 3.63) is 0 Å². The van der Waals surface area contributed by atoms with E-state index in [1.165, 1.54) is 19.3 Å². The van der Waals surface area contributed by atoms with Crippen LogP contribution in [0.25, 0.3) is 0 Å². The van der Waals surface area contributed by atoms with E-state index >= 15 is 0 Å². The summed E-state index contributed by atoms with van der Waals surface area (Å²) in [5, 5.41) is 11.7. The van der Waals surface area contributed by atoms with Crippen molar-refractivity contribution < 1.29 is 9.94 Å². The highest BCUT2D eigenvalue weighted by atomic mass is 16.5. The molecule has 1 aliphatic rings. The second-order valence-corrected chi connectivity index (χ2v) is 5.32. The Labute approximate surface area is 97.8 Å². The Morgan fingerprint density at radius 1 is 1.44 bits per heavy atom. The van der Waals surface area contributed by atoms with E-state index in [-0.39, 0.29) is 5.41 Å². The monoisotopic (exact) mass is 228 g/mol. The fourth-order valence-corrected chi connectivity index (χ4v) is 1.64. The number of amidine groups is 1. The van der Waals surface area contributed by atoms with Crippen LogP contribution in [0.5, 0.6) is 0 Å². The van der Waals surface area contributed by atoms with Crippen molar-refractivity contribution in [2.45, 2.75) is 46.0 Å². The van der Waals surface area contributed by atoms with Gasteiger partial charge in [0.2, 0.25) is 0 Å². The van der Waals surface area contributed by atoms with Gasteiger partial charge in [0, 0.05) is 18.6 Å². The van der Waals surface area contributed by atoms with E-state index in [0.29, 0.717) is 5.84 Å². The molecule has 0 spiro atoms. The maximum Gasteiger partial charge on any atom is 0.144 e. The molecule has 0 heterocycles. The smallest absolute Gasteiger partial charge is 0.144 e. The molecule has 1 fully saturated rings. The van der Waals surface area contributed by atoms with Crippen LogP contribution in [0.15, 0.2) is 5.16 Å². The van der Waals surface area contributed by atoms with Gasteiger partial charge < -0.3 is 15.7 Å². The number of nitrogens with two attached hydrogens (primary N) is 1. The van der Waals surface area contributed by atoms with Gasteiger partial charge >= 0.3 is 0 Å². The van der Waals surface area contributed by atoms with Gasteiger partial charge in [0.1, 0.15) is 5.84 Å². The Morgan fingerprint density at radius 2 is 2.12 bits per heavy atom. The average molecular weight is 228 g/mol. The van der Waals surface area contributed by atoms with Crippen LogP contribution in [0.2, 0.25) is 0 Å². The van der Waals surface area contributed by atoms with E-state index in [0.717, 1.165) is 32.0 Å². The summed E-state index contributed by atoms with van der Waals surface area (Å²) in [7, 11) is 0. The quantitative estimate of drug-likeness (QED) is 0.220. The van der Waals surface area contributed by atoms with E-state index in [1.807, 2.05) is 13.8 Å². The first-order valence-corrected chi connectivity index (χ1v) is 6.12. The topological polar surface area (TPSA) is 67.8 Å². The van der Waals surface area contributed by atoms with Gasteiger partial charge in [-0.25, -0.2) is 0 Å². The van der Waals surface area contributed by atoms with Crippen molar-refractivity contribution in [1.29, 1.82) is 0 Å². The van der Waals surface area contributed by atoms with E-state index in [2.05, 4.69) is 5.16 Å². The zero-order valence-corrected chi connectivity index (χ0v) is 10.4. The van der Waals surface area contributed by atoms with Crippen LogP contribution in [0.3, 0.4) is 0 Å². The summed E-state index contributed by atoms with van der Waals surface area (Å²) in [5.41, 5.74) is 5.36. The van der Waals surface area contributed by atoms with E-state index in [4.69, 9.17) is 15.7 Å². The molecule has 0 bridgehead atoms. The molecule has 0 atom stereocenters. The third-order valence-electron chi connectivity index (χ3n) is 3.26. The van der Waals surface area contributed by atoms with Crippen molar-refractivity contribution >= 4 is 5.84 Å². The number of oxime groups is 1. The minimum Gasteiger partial charge on any atom is -0.409 e. The first-order valence-electron chi connectivity index (χ1n) is 6.12. The van der Waals surface area contributed by atoms with Crippen LogP contribution in [-0.4, -0.2) is 24.3 Å². The predicted octanol–water partition coefficient (Wildman–Crippen LogP) is 2.36. The van der Waals surface area contributed by atoms with Gasteiger partial charge in [0.15, 0.2) is 0 Å². The van der Waals surface area contributed by atoms with E-state index in [9.17, 15) is 0 Å². The summed E-state index contributed by atoms with van der Waals surface area (Å²) < 4.78 is 5.55. The fraction of sp³-hybridized carbons (Fsp3) is 0.917. The second kappa shape index (κ2) is 6.09. The van der Waals surface area contributed by atoms with Gasteiger partial charge in [-0.1, -0.05) is 31.8 Å². The zero-order valence-electron chi connectivity index (χ0n) is 10.4. The number of ether oxygens (including phenoxy) is 1. The lowest BCUT2D eigenvalue weighted by molar-refractivity contribution is 0.120. The van der Waals surface area contributed by atoms with Crippen LogP contribution in [0, 0.1) is 11.3 Å². The summed E-state index contributed by atoms with van der Waals surface area (Å²) in [6.07, 6.45) is 5.82. The Balaban J connectivity index is 2.00. The third-order valence-corrected chi connectivity index (χ3v) is 3.26. The normalized spacial score (nSPS) is 17.8. The highest BCUT2D eigenvalue weighted by Crippen LogP contribution is 2.32. The van der Waals surface area contributed by atoms with Crippen molar-refractivity contribution in [3.63, 3.8) is 0 Å². The molecule has 1 rings (SSSR count). The Hall–Kier alpha value is -0.770. The largest absolute Gasteiger partial charge is 0.409 e. The lowest BCUT2D eigenvalue weighted by atomic mass is 9.87. The average Bonchev–Trinajstić information content (AvgIpc) is 3.05. The van der Waals surface area contributed by atoms with Crippen LogP contribution >= 0.6 is 0 Å². The van der Waals surface area contributed by atoms with Crippen molar-refractivity contribution in [1.82, 2.24) is 0 Å². The predicted molar refractivity (Wildman–Crippen MR) is 64.6 cm³/mol. The summed E-state index contributed by atoms with van der Waals surface area (Å²) in [5.74, 6) is 1.24. The van der Waals surface area contributed by atoms with Crippen LogP contribution in [0.4, 0.5) is 0 Å². The highest BCUT2D eigenvalue weighted by molar-refractivity contribution is 5.85. The van der Waals surface area contributed by atoms with E-state index < -0.39 is 0 Å². The van der Waals surface area contributed by atoms with Crippen molar-refractivity contribution in [2.24, 2.45) is 22.2 Å². The minimum atomic E-state index is -0.241. The van der Waals surface area contributed by atoms with Crippen molar-refractivity contribution in [2.75, 3.05) is 13.2 Å². The fourth-order valence-electron chi connectivity index (χ4n) is 1.64. The number of nitrogens with zero attached hydrogens (tertiary/aromatic N) is 1. The maximum absolute atomic E-state index is 8.61. The minimum absolute atomic E-state index is 0.241. The molecule has 1 aliphatic carbocycles. The van der Waals surface area contributed by atoms with Crippen LogP contribution < -0.4 is 5.73 Å². The van der Waals surface area contributed by atoms with Gasteiger partial charge in [0.25, 0.3) is 0 Å². The molecular weight excluding hydrogens is 204 g/mol. The number of hydrogen-bond donors (Lipinski definition) is 2. The van der Waals surface area contributed by atoms with Crippen LogP contribution in [-0.2, 0) is 4.74 Å². The molecule has 0 aromatic rings. The van der Waals surface area contributed by atoms with Gasteiger partial charge in [-0.3, -0.25) is 0 Å². The van der Waals surface area contributed by atoms with Gasteiger partial charge in [-0.05, 0) is 25.2 Å². The molecule has 3 N–H and O–H groups in total. The molecule has 16 heavy (non-hydrogen) atoms. The Kier molecular flexibility index (Phi) is 5.06. The molecular formula is C12H24N2O2. The van der Waals surface area contributed by atoms with E-state index in [1.54, 1.807) is 0 Å². The zero-order chi connectivity index (χ0) is 12.0. The first kappa shape index (κ1) is 13.3. The maximum atomic E-state index is 8.61. The summed E-state index contributed by atoms with van der Waals surface area (Å²) in [6, 6.07) is 0. The molecule has 4 heteroatoms. The lowest BCUT2D eigenvalue weighted by Gasteiger charge is -2.22. The van der Waals surface area contributed by atoms with Crippen LogP contribution in [0.1, 0.15) is 46.0 Å². The van der Waals surface area contributed by atoms with Gasteiger partial charge in [-0.2, -0.15) is 0 Å². The SMILES string of the molecule is CC(C)(CCCOCCC1CC1)C(N)=NO. The number of hydrogen-bond acceptors (Lipinski definition) is 3. The summed E-state index contributed by atoms with van der Waals surface area (Å²) in [4.78, 5) is 0. The molecule has 0 aromatic heterocycles. The first-order chi connectivity index (χ1) is 7.56. The molecule has 0 aromatic carbocycles. The molecule has 0 saturated heterocycles. The summed E-state index contributed by atoms with van der Waals surface area (Å²) in [6.45, 7) is 5.61. The van der Waals surface area contributed by atoms with Gasteiger partial charge in [0.05, 0.1) is 0 Å². The molecule has 94 valence electrons. The lowest BCUT2D eigenvalue weighted by Crippen LogP contribution is -2.32. The molecule has 0 aliphatic heterocycles. The van der Waals surface area contributed by atoms with Gasteiger partial charge in [-0.15, -0.1) is 0 Å². The number of rotatable bonds is 8. The summed E-state index contributed by atoms with van der Waals surface area (Å²) >= 11 is 0. The van der Waals surface area contributed by atoms with Crippen molar-refractivity contribution in [3.8, 4) is 0 Å². The molecule has 0 amide bonds. The molecule has 0 radical (unpaired) electrons. The highest BCUT2D eigenvalue weighted by Gasteiger charge is 2.23. The molecule has 0 unspecified atom stereocenters. The standard InChI is InChI=1S/C12H24N2O2/c1-12(2,11(13)14-15)7-3-8-16-9-6-10-4-5-10/h10,15H,3-9H2,1-2H3,(H2,13,14). The second-order valence-electron chi connectivity index (χ2n) is 5.32. The Morgan fingerprint density at radius 3 is 2.69 bits per heavy atom. The third kappa shape index (κ3) is 4.84. The molecule has 1 saturated carbocycles. The molecule has 4 nitrogen and oxygen atoms in total.